The van der Waals surface area contributed by atoms with Gasteiger partial charge in [-0.15, -0.1) is 0 Å². The van der Waals surface area contributed by atoms with E-state index >= 15 is 0 Å². The first kappa shape index (κ1) is 17.6. The maximum atomic E-state index is 12.1. The molecule has 140 valence electrons. The van der Waals surface area contributed by atoms with Gasteiger partial charge in [0.25, 0.3) is 5.91 Å². The molecule has 3 heterocycles. The summed E-state index contributed by atoms with van der Waals surface area (Å²) < 4.78 is 1.07. The molecule has 5 N–H and O–H groups in total. The standard InChI is InChI=1S/C18H16N8OS/c1-10-4-2-6-12-14(10)23-18(28-12)24-15-13(19)16(22-9-21-15)25-26-17(27)11-5-3-7-20-8-11/h2-9H,19H2,1H3,(H,26,27)(H2,21,22,23,24,25). The Labute approximate surface area is 164 Å². The van der Waals surface area contributed by atoms with E-state index in [4.69, 9.17) is 5.73 Å². The molecule has 3 aromatic heterocycles. The number of anilines is 4. The molecule has 1 aromatic carbocycles. The average molecular weight is 392 g/mol. The highest BCUT2D eigenvalue weighted by molar-refractivity contribution is 7.22. The highest BCUT2D eigenvalue weighted by Gasteiger charge is 2.13. The Bertz CT molecular complexity index is 1150. The van der Waals surface area contributed by atoms with E-state index in [0.717, 1.165) is 15.8 Å². The molecule has 0 aliphatic heterocycles. The smallest absolute Gasteiger partial charge is 0.271 e. The number of para-hydroxylation sites is 1. The van der Waals surface area contributed by atoms with Crippen LogP contribution in [0.25, 0.3) is 10.2 Å². The summed E-state index contributed by atoms with van der Waals surface area (Å²) in [6.07, 6.45) is 4.40. The second kappa shape index (κ2) is 7.45. The third-order valence-corrected chi connectivity index (χ3v) is 4.88. The summed E-state index contributed by atoms with van der Waals surface area (Å²) in [6.45, 7) is 2.01. The second-order valence-electron chi connectivity index (χ2n) is 5.87. The number of aromatic nitrogens is 4. The summed E-state index contributed by atoms with van der Waals surface area (Å²) >= 11 is 1.50. The van der Waals surface area contributed by atoms with Crippen molar-refractivity contribution in [1.82, 2.24) is 25.4 Å². The fourth-order valence-electron chi connectivity index (χ4n) is 2.52. The Kier molecular flexibility index (Phi) is 4.68. The number of hydrogen-bond donors (Lipinski definition) is 4. The monoisotopic (exact) mass is 392 g/mol. The minimum absolute atomic E-state index is 0.255. The lowest BCUT2D eigenvalue weighted by Crippen LogP contribution is -2.30. The number of thiazole rings is 1. The van der Waals surface area contributed by atoms with E-state index in [1.165, 1.54) is 23.9 Å². The van der Waals surface area contributed by atoms with Gasteiger partial charge in [-0.05, 0) is 30.7 Å². The minimum atomic E-state index is -0.359. The summed E-state index contributed by atoms with van der Waals surface area (Å²) in [5, 5.41) is 3.78. The van der Waals surface area contributed by atoms with Gasteiger partial charge in [0, 0.05) is 12.4 Å². The van der Waals surface area contributed by atoms with E-state index in [2.05, 4.69) is 36.1 Å². The van der Waals surface area contributed by atoms with Gasteiger partial charge in [-0.1, -0.05) is 23.5 Å². The molecule has 10 heteroatoms. The Balaban J connectivity index is 1.51. The highest BCUT2D eigenvalue weighted by atomic mass is 32.1. The van der Waals surface area contributed by atoms with Crippen LogP contribution in [0.3, 0.4) is 0 Å². The summed E-state index contributed by atoms with van der Waals surface area (Å²) in [6, 6.07) is 9.34. The van der Waals surface area contributed by atoms with Crippen molar-refractivity contribution in [2.45, 2.75) is 6.92 Å². The van der Waals surface area contributed by atoms with Crippen LogP contribution in [0.15, 0.2) is 49.1 Å². The fraction of sp³-hybridized carbons (Fsp3) is 0.0556. The van der Waals surface area contributed by atoms with E-state index < -0.39 is 0 Å². The van der Waals surface area contributed by atoms with E-state index in [0.29, 0.717) is 16.5 Å². The van der Waals surface area contributed by atoms with Gasteiger partial charge >= 0.3 is 0 Å². The second-order valence-corrected chi connectivity index (χ2v) is 6.90. The van der Waals surface area contributed by atoms with E-state index in [9.17, 15) is 4.79 Å². The zero-order valence-electron chi connectivity index (χ0n) is 14.8. The Hall–Kier alpha value is -3.79. The normalized spacial score (nSPS) is 10.6. The van der Waals surface area contributed by atoms with Crippen molar-refractivity contribution in [2.24, 2.45) is 0 Å². The molecular formula is C18H16N8OS. The Morgan fingerprint density at radius 3 is 2.79 bits per heavy atom. The number of benzene rings is 1. The van der Waals surface area contributed by atoms with Crippen LogP contribution in [-0.2, 0) is 0 Å². The molecule has 0 atom stereocenters. The molecule has 0 aliphatic carbocycles. The van der Waals surface area contributed by atoms with Crippen LogP contribution in [0.1, 0.15) is 15.9 Å². The summed E-state index contributed by atoms with van der Waals surface area (Å²) in [7, 11) is 0. The number of hydrogen-bond acceptors (Lipinski definition) is 9. The number of hydrazine groups is 1. The molecule has 4 aromatic rings. The molecule has 0 unspecified atom stereocenters. The van der Waals surface area contributed by atoms with Crippen LogP contribution in [0, 0.1) is 6.92 Å². The zero-order chi connectivity index (χ0) is 19.5. The summed E-state index contributed by atoms with van der Waals surface area (Å²) in [5.41, 5.74) is 14.1. The number of nitrogens with two attached hydrogens (primary N) is 1. The van der Waals surface area contributed by atoms with Crippen molar-refractivity contribution in [3.63, 3.8) is 0 Å². The number of pyridine rings is 1. The molecule has 0 aliphatic rings. The molecule has 0 saturated carbocycles. The van der Waals surface area contributed by atoms with Crippen molar-refractivity contribution in [3.05, 3.63) is 60.2 Å². The summed E-state index contributed by atoms with van der Waals surface area (Å²) in [5.74, 6) is 0.305. The molecule has 0 fully saturated rings. The van der Waals surface area contributed by atoms with Crippen LogP contribution in [0.4, 0.5) is 22.5 Å². The van der Waals surface area contributed by atoms with E-state index in [1.54, 1.807) is 18.3 Å². The van der Waals surface area contributed by atoms with Gasteiger partial charge in [0.1, 0.15) is 12.0 Å². The number of nitrogens with zero attached hydrogens (tertiary/aromatic N) is 4. The predicted octanol–water partition coefficient (Wildman–Crippen LogP) is 2.87. The molecule has 9 nitrogen and oxygen atoms in total. The van der Waals surface area contributed by atoms with E-state index in [-0.39, 0.29) is 17.4 Å². The number of carbonyl (C=O) groups excluding carboxylic acids is 1. The lowest BCUT2D eigenvalue weighted by Gasteiger charge is -2.12. The van der Waals surface area contributed by atoms with Gasteiger partial charge < -0.3 is 11.1 Å². The number of aryl methyl sites for hydroxylation is 1. The zero-order valence-corrected chi connectivity index (χ0v) is 15.6. The maximum absolute atomic E-state index is 12.1. The fourth-order valence-corrected chi connectivity index (χ4v) is 3.46. The number of carbonyl (C=O) groups is 1. The molecule has 0 spiro atoms. The Morgan fingerprint density at radius 1 is 1.14 bits per heavy atom. The lowest BCUT2D eigenvalue weighted by molar-refractivity contribution is 0.0962. The first-order valence-corrected chi connectivity index (χ1v) is 9.13. The number of nitrogens with one attached hydrogen (secondary N) is 3. The van der Waals surface area contributed by atoms with Gasteiger partial charge in [0.05, 0.1) is 15.8 Å². The molecule has 0 saturated heterocycles. The van der Waals surface area contributed by atoms with E-state index in [1.807, 2.05) is 25.1 Å². The Morgan fingerprint density at radius 2 is 2.00 bits per heavy atom. The molecular weight excluding hydrogens is 376 g/mol. The maximum Gasteiger partial charge on any atom is 0.271 e. The number of fused-ring (bicyclic) bond motifs is 1. The molecule has 0 radical (unpaired) electrons. The van der Waals surface area contributed by atoms with Crippen LogP contribution in [0.5, 0.6) is 0 Å². The van der Waals surface area contributed by atoms with Crippen molar-refractivity contribution in [3.8, 4) is 0 Å². The van der Waals surface area contributed by atoms with Crippen LogP contribution < -0.4 is 21.9 Å². The third kappa shape index (κ3) is 3.53. The first-order valence-electron chi connectivity index (χ1n) is 8.32. The minimum Gasteiger partial charge on any atom is -0.393 e. The van der Waals surface area contributed by atoms with Crippen molar-refractivity contribution >= 4 is 49.9 Å². The van der Waals surface area contributed by atoms with Gasteiger partial charge in [-0.3, -0.25) is 20.6 Å². The molecule has 0 bridgehead atoms. The SMILES string of the molecule is Cc1cccc2sc(Nc3ncnc(NNC(=O)c4cccnc4)c3N)nc12. The molecule has 28 heavy (non-hydrogen) atoms. The van der Waals surface area contributed by atoms with Crippen molar-refractivity contribution in [1.29, 1.82) is 0 Å². The van der Waals surface area contributed by atoms with Crippen molar-refractivity contribution < 1.29 is 4.79 Å². The topological polar surface area (TPSA) is 131 Å². The van der Waals surface area contributed by atoms with Crippen LogP contribution in [-0.4, -0.2) is 25.8 Å². The number of nitrogen functional groups attached to an aromatic ring is 1. The van der Waals surface area contributed by atoms with Gasteiger partial charge in [0.2, 0.25) is 0 Å². The van der Waals surface area contributed by atoms with Gasteiger partial charge in [0.15, 0.2) is 16.8 Å². The molecule has 1 amide bonds. The predicted molar refractivity (Wildman–Crippen MR) is 109 cm³/mol. The quantitative estimate of drug-likeness (QED) is 0.381. The van der Waals surface area contributed by atoms with Crippen LogP contribution in [0.2, 0.25) is 0 Å². The average Bonchev–Trinajstić information content (AvgIpc) is 3.13. The third-order valence-electron chi connectivity index (χ3n) is 3.95. The van der Waals surface area contributed by atoms with Gasteiger partial charge in [-0.2, -0.15) is 0 Å². The largest absolute Gasteiger partial charge is 0.393 e. The summed E-state index contributed by atoms with van der Waals surface area (Å²) in [4.78, 5) is 28.8. The highest BCUT2D eigenvalue weighted by Crippen LogP contribution is 2.32. The molecule has 4 rings (SSSR count). The number of amides is 1. The lowest BCUT2D eigenvalue weighted by atomic mass is 10.2. The first-order chi connectivity index (χ1) is 13.6. The van der Waals surface area contributed by atoms with Crippen molar-refractivity contribution in [2.75, 3.05) is 16.5 Å². The van der Waals surface area contributed by atoms with Gasteiger partial charge in [-0.25, -0.2) is 15.0 Å². The van der Waals surface area contributed by atoms with Crippen LogP contribution >= 0.6 is 11.3 Å². The number of rotatable bonds is 5.